The molecule has 0 amide bonds. The molecule has 0 N–H and O–H groups in total. The Kier molecular flexibility index (Phi) is 7.78. The van der Waals surface area contributed by atoms with Gasteiger partial charge in [-0.1, -0.05) is 18.2 Å². The maximum absolute atomic E-state index is 12.4. The first-order valence-electron chi connectivity index (χ1n) is 8.06. The Morgan fingerprint density at radius 2 is 1.40 bits per heavy atom. The Morgan fingerprint density at radius 3 is 1.80 bits per heavy atom. The van der Waals surface area contributed by atoms with Gasteiger partial charge in [0, 0.05) is 15.7 Å². The van der Waals surface area contributed by atoms with Crippen LogP contribution >= 0.6 is 22.6 Å². The molecule has 11 heteroatoms. The lowest BCUT2D eigenvalue weighted by Crippen LogP contribution is -2.11. The number of benzene rings is 3. The summed E-state index contributed by atoms with van der Waals surface area (Å²) >= 11 is 2.28. The van der Waals surface area contributed by atoms with E-state index in [0.29, 0.717) is 12.1 Å². The van der Waals surface area contributed by atoms with Crippen LogP contribution in [0.1, 0.15) is 5.56 Å². The van der Waals surface area contributed by atoms with Gasteiger partial charge in [-0.15, -0.1) is 0 Å². The van der Waals surface area contributed by atoms with E-state index in [1.54, 1.807) is 0 Å². The molecule has 0 aromatic heterocycles. The second-order valence-electron chi connectivity index (χ2n) is 5.61. The molecule has 0 unspecified atom stereocenters. The van der Waals surface area contributed by atoms with Gasteiger partial charge in [-0.3, -0.25) is 10.1 Å². The molecule has 30 heavy (non-hydrogen) atoms. The molecule has 0 aliphatic carbocycles. The van der Waals surface area contributed by atoms with Gasteiger partial charge < -0.3 is 4.18 Å². The number of halogens is 4. The van der Waals surface area contributed by atoms with E-state index in [4.69, 9.17) is 4.18 Å². The fourth-order valence-corrected chi connectivity index (χ4v) is 3.37. The Labute approximate surface area is 183 Å². The molecule has 0 aliphatic rings. The van der Waals surface area contributed by atoms with Crippen LogP contribution in [0.4, 0.5) is 18.9 Å². The summed E-state index contributed by atoms with van der Waals surface area (Å²) in [5.41, 5.74) is -1.25. The molecule has 0 fully saturated rings. The average molecular weight is 551 g/mol. The van der Waals surface area contributed by atoms with Crippen LogP contribution in [0.25, 0.3) is 0 Å². The zero-order chi connectivity index (χ0) is 22.4. The summed E-state index contributed by atoms with van der Waals surface area (Å²) in [5.74, 6) is -0.199. The Morgan fingerprint density at radius 1 is 0.867 bits per heavy atom. The van der Waals surface area contributed by atoms with Crippen LogP contribution in [0.5, 0.6) is 5.75 Å². The van der Waals surface area contributed by atoms with Crippen molar-refractivity contribution in [3.63, 3.8) is 0 Å². The van der Waals surface area contributed by atoms with Crippen molar-refractivity contribution in [3.8, 4) is 5.75 Å². The van der Waals surface area contributed by atoms with Crippen molar-refractivity contribution in [2.75, 3.05) is 0 Å². The number of hydrogen-bond acceptors (Lipinski definition) is 5. The molecule has 158 valence electrons. The molecular formula is C19H13F3INO5S. The number of rotatable bonds is 4. The molecule has 0 atom stereocenters. The van der Waals surface area contributed by atoms with Gasteiger partial charge in [-0.25, -0.2) is 0 Å². The van der Waals surface area contributed by atoms with Gasteiger partial charge in [0.2, 0.25) is 0 Å². The van der Waals surface area contributed by atoms with E-state index in [2.05, 4.69) is 34.7 Å². The van der Waals surface area contributed by atoms with Crippen LogP contribution < -0.4 is 4.18 Å². The smallest absolute Gasteiger partial charge is 0.379 e. The third-order valence-electron chi connectivity index (χ3n) is 3.46. The third kappa shape index (κ3) is 6.99. The van der Waals surface area contributed by atoms with Gasteiger partial charge in [0.15, 0.2) is 0 Å². The van der Waals surface area contributed by atoms with Crippen LogP contribution in [-0.4, -0.2) is 13.3 Å². The number of nitrogens with zero attached hydrogens (tertiary/aromatic N) is 1. The van der Waals surface area contributed by atoms with Crippen molar-refractivity contribution in [3.05, 3.63) is 98.1 Å². The lowest BCUT2D eigenvalue weighted by atomic mass is 10.2. The van der Waals surface area contributed by atoms with Crippen LogP contribution in [0, 0.1) is 13.7 Å². The Bertz CT molecular complexity index is 1090. The molecule has 0 spiro atoms. The number of hydrogen-bond donors (Lipinski definition) is 0. The molecule has 6 nitrogen and oxygen atoms in total. The third-order valence-corrected chi connectivity index (χ3v) is 5.44. The summed E-state index contributed by atoms with van der Waals surface area (Å²) in [6.45, 7) is 0. The largest absolute Gasteiger partial charge is 0.416 e. The fourth-order valence-electron chi connectivity index (χ4n) is 2.02. The van der Waals surface area contributed by atoms with Gasteiger partial charge in [0.05, 0.1) is 10.5 Å². The number of nitro benzene ring substituents is 1. The van der Waals surface area contributed by atoms with Gasteiger partial charge in [0.25, 0.3) is 5.69 Å². The molecule has 3 aromatic carbocycles. The van der Waals surface area contributed by atoms with E-state index in [-0.39, 0.29) is 11.4 Å². The zero-order valence-electron chi connectivity index (χ0n) is 14.9. The predicted octanol–water partition coefficient (Wildman–Crippen LogP) is 5.67. The summed E-state index contributed by atoms with van der Waals surface area (Å²) in [6, 6.07) is 17.2. The van der Waals surface area contributed by atoms with Gasteiger partial charge in [-0.2, -0.15) is 21.6 Å². The minimum absolute atomic E-state index is 0.199. The van der Waals surface area contributed by atoms with E-state index in [9.17, 15) is 31.7 Å². The number of alkyl halides is 3. The summed E-state index contributed by atoms with van der Waals surface area (Å²) in [7, 11) is -4.35. The van der Waals surface area contributed by atoms with Crippen molar-refractivity contribution < 1.29 is 30.7 Å². The second-order valence-corrected chi connectivity index (χ2v) is 8.40. The highest BCUT2D eigenvalue weighted by Crippen LogP contribution is 2.30. The summed E-state index contributed by atoms with van der Waals surface area (Å²) < 4.78 is 67.2. The molecule has 3 rings (SSSR count). The summed E-state index contributed by atoms with van der Waals surface area (Å²) in [5, 5.41) is 10.5. The van der Waals surface area contributed by atoms with E-state index < -0.39 is 31.7 Å². The van der Waals surface area contributed by atoms with Crippen LogP contribution in [-0.2, 0) is 16.3 Å². The Hall–Kier alpha value is -2.67. The first-order chi connectivity index (χ1) is 14.0. The summed E-state index contributed by atoms with van der Waals surface area (Å²) in [6.07, 6.45) is -4.58. The lowest BCUT2D eigenvalue weighted by Gasteiger charge is -2.09. The highest BCUT2D eigenvalue weighted by molar-refractivity contribution is 14.1. The highest BCUT2D eigenvalue weighted by Gasteiger charge is 2.30. The summed E-state index contributed by atoms with van der Waals surface area (Å²) in [4.78, 5) is 9.35. The van der Waals surface area contributed by atoms with E-state index in [0.717, 1.165) is 36.4 Å². The maximum Gasteiger partial charge on any atom is 0.416 e. The molecule has 0 saturated heterocycles. The maximum atomic E-state index is 12.4. The standard InChI is InChI=1S/C13H8F3NO5S.C6H5I/c14-13(15,16)9-1-7-12(8-2-9)23(20,21)22-11-5-3-10(4-6-11)17(18)19;7-6-4-2-1-3-5-6/h1-8H;1-5H. The van der Waals surface area contributed by atoms with Crippen LogP contribution in [0.3, 0.4) is 0 Å². The van der Waals surface area contributed by atoms with Crippen LogP contribution in [0.15, 0.2) is 83.8 Å². The van der Waals surface area contributed by atoms with E-state index in [1.807, 2.05) is 18.2 Å². The molecule has 0 aliphatic heterocycles. The Balaban J connectivity index is 0.000000386. The van der Waals surface area contributed by atoms with Gasteiger partial charge in [0.1, 0.15) is 10.6 Å². The van der Waals surface area contributed by atoms with Crippen molar-refractivity contribution in [1.82, 2.24) is 0 Å². The second kappa shape index (κ2) is 9.89. The lowest BCUT2D eigenvalue weighted by molar-refractivity contribution is -0.384. The monoisotopic (exact) mass is 551 g/mol. The average Bonchev–Trinajstić information content (AvgIpc) is 2.69. The zero-order valence-corrected chi connectivity index (χ0v) is 17.9. The van der Waals surface area contributed by atoms with E-state index >= 15 is 0 Å². The van der Waals surface area contributed by atoms with Crippen molar-refractivity contribution >= 4 is 38.4 Å². The first-order valence-corrected chi connectivity index (χ1v) is 10.5. The number of nitro groups is 1. The van der Waals surface area contributed by atoms with Crippen LogP contribution in [0.2, 0.25) is 0 Å². The fraction of sp³-hybridized carbons (Fsp3) is 0.0526. The minimum Gasteiger partial charge on any atom is -0.379 e. The topological polar surface area (TPSA) is 86.5 Å². The molecule has 3 aromatic rings. The number of non-ortho nitro benzene ring substituents is 1. The predicted molar refractivity (Wildman–Crippen MR) is 112 cm³/mol. The quantitative estimate of drug-likeness (QED) is 0.181. The SMILES string of the molecule is Ic1ccccc1.O=[N+]([O-])c1ccc(OS(=O)(=O)c2ccc(C(F)(F)F)cc2)cc1. The normalized spacial score (nSPS) is 11.2. The van der Waals surface area contributed by atoms with Crippen molar-refractivity contribution in [2.45, 2.75) is 11.1 Å². The molecule has 0 saturated carbocycles. The van der Waals surface area contributed by atoms with Crippen molar-refractivity contribution in [1.29, 1.82) is 0 Å². The molecular weight excluding hydrogens is 538 g/mol. The minimum atomic E-state index is -4.58. The molecule has 0 radical (unpaired) electrons. The van der Waals surface area contributed by atoms with Crippen molar-refractivity contribution in [2.24, 2.45) is 0 Å². The van der Waals surface area contributed by atoms with E-state index in [1.165, 1.54) is 3.57 Å². The highest BCUT2D eigenvalue weighted by atomic mass is 127. The molecule has 0 heterocycles. The van der Waals surface area contributed by atoms with Gasteiger partial charge in [-0.05, 0) is 71.1 Å². The first kappa shape index (κ1) is 23.6. The van der Waals surface area contributed by atoms with Gasteiger partial charge >= 0.3 is 16.3 Å². The molecule has 0 bridgehead atoms.